The summed E-state index contributed by atoms with van der Waals surface area (Å²) in [6.07, 6.45) is 0. The van der Waals surface area contributed by atoms with Crippen molar-refractivity contribution in [3.8, 4) is 11.4 Å². The molecule has 0 unspecified atom stereocenters. The molecule has 128 valence electrons. The highest BCUT2D eigenvalue weighted by Gasteiger charge is 2.19. The van der Waals surface area contributed by atoms with Crippen molar-refractivity contribution in [2.45, 2.75) is 17.3 Å². The Morgan fingerprint density at radius 1 is 1.12 bits per heavy atom. The third-order valence-corrected chi connectivity index (χ3v) is 4.97. The van der Waals surface area contributed by atoms with Crippen LogP contribution in [0.25, 0.3) is 11.4 Å². The molecule has 8 heteroatoms. The van der Waals surface area contributed by atoms with Crippen molar-refractivity contribution in [1.29, 1.82) is 0 Å². The number of thioether (sulfide) groups is 1. The van der Waals surface area contributed by atoms with E-state index in [1.807, 2.05) is 30.3 Å². The molecule has 0 aliphatic carbocycles. The van der Waals surface area contributed by atoms with Gasteiger partial charge in [-0.1, -0.05) is 71.4 Å². The molecule has 0 fully saturated rings. The van der Waals surface area contributed by atoms with E-state index in [9.17, 15) is 4.79 Å². The Hall–Kier alpha value is -2.02. The zero-order valence-corrected chi connectivity index (χ0v) is 15.5. The Kier molecular flexibility index (Phi) is 5.63. The van der Waals surface area contributed by atoms with Crippen molar-refractivity contribution in [3.05, 3.63) is 58.6 Å². The zero-order valence-electron chi connectivity index (χ0n) is 13.2. The van der Waals surface area contributed by atoms with Crippen molar-refractivity contribution in [3.63, 3.8) is 0 Å². The van der Waals surface area contributed by atoms with Gasteiger partial charge in [-0.05, 0) is 19.1 Å². The van der Waals surface area contributed by atoms with Crippen LogP contribution in [0.2, 0.25) is 10.0 Å². The lowest BCUT2D eigenvalue weighted by molar-refractivity contribution is -0.115. The fraction of sp³-hybridized carbons (Fsp3) is 0.118. The smallest absolute Gasteiger partial charge is 0.237 e. The molecule has 3 aromatic rings. The first-order valence-electron chi connectivity index (χ1n) is 7.44. The number of rotatable bonds is 5. The van der Waals surface area contributed by atoms with Gasteiger partial charge in [0, 0.05) is 5.56 Å². The number of aromatic amines is 1. The first-order chi connectivity index (χ1) is 12.0. The normalized spacial score (nSPS) is 12.0. The number of carbonyl (C=O) groups is 1. The quantitative estimate of drug-likeness (QED) is 0.605. The fourth-order valence-corrected chi connectivity index (χ4v) is 3.29. The third-order valence-electron chi connectivity index (χ3n) is 3.37. The molecule has 25 heavy (non-hydrogen) atoms. The third kappa shape index (κ3) is 4.34. The van der Waals surface area contributed by atoms with E-state index in [4.69, 9.17) is 23.2 Å². The van der Waals surface area contributed by atoms with Crippen LogP contribution in [-0.2, 0) is 4.79 Å². The van der Waals surface area contributed by atoms with E-state index < -0.39 is 5.25 Å². The Morgan fingerprint density at radius 2 is 1.80 bits per heavy atom. The second-order valence-corrected chi connectivity index (χ2v) is 7.30. The Balaban J connectivity index is 1.67. The second-order valence-electron chi connectivity index (χ2n) is 5.18. The van der Waals surface area contributed by atoms with E-state index in [0.717, 1.165) is 5.56 Å². The van der Waals surface area contributed by atoms with E-state index in [-0.39, 0.29) is 5.91 Å². The highest BCUT2D eigenvalue weighted by Crippen LogP contribution is 2.31. The number of aromatic nitrogens is 3. The number of carbonyl (C=O) groups excluding carboxylic acids is 1. The van der Waals surface area contributed by atoms with Crippen molar-refractivity contribution in [2.75, 3.05) is 5.32 Å². The van der Waals surface area contributed by atoms with Crippen LogP contribution in [0, 0.1) is 0 Å². The zero-order chi connectivity index (χ0) is 17.8. The number of halogens is 2. The molecule has 0 aliphatic heterocycles. The molecule has 1 heterocycles. The van der Waals surface area contributed by atoms with Gasteiger partial charge in [0.05, 0.1) is 21.0 Å². The molecule has 0 saturated carbocycles. The second kappa shape index (κ2) is 7.91. The van der Waals surface area contributed by atoms with Crippen molar-refractivity contribution in [2.24, 2.45) is 0 Å². The van der Waals surface area contributed by atoms with Crippen LogP contribution in [0.5, 0.6) is 0 Å². The predicted molar refractivity (Wildman–Crippen MR) is 102 cm³/mol. The molecule has 0 saturated heterocycles. The maximum Gasteiger partial charge on any atom is 0.237 e. The Bertz CT molecular complexity index is 865. The maximum atomic E-state index is 12.4. The number of hydrogen-bond donors (Lipinski definition) is 2. The van der Waals surface area contributed by atoms with E-state index in [2.05, 4.69) is 20.5 Å². The van der Waals surface area contributed by atoms with E-state index >= 15 is 0 Å². The van der Waals surface area contributed by atoms with Gasteiger partial charge in [0.1, 0.15) is 0 Å². The topological polar surface area (TPSA) is 70.7 Å². The summed E-state index contributed by atoms with van der Waals surface area (Å²) in [5.74, 6) is 0.427. The average molecular weight is 393 g/mol. The maximum absolute atomic E-state index is 12.4. The molecule has 1 amide bonds. The molecular formula is C17H14Cl2N4OS. The lowest BCUT2D eigenvalue weighted by Gasteiger charge is -2.12. The average Bonchev–Trinajstić information content (AvgIpc) is 3.07. The summed E-state index contributed by atoms with van der Waals surface area (Å²) >= 11 is 13.4. The van der Waals surface area contributed by atoms with E-state index in [0.29, 0.717) is 26.7 Å². The molecular weight excluding hydrogens is 379 g/mol. The summed E-state index contributed by atoms with van der Waals surface area (Å²) in [6.45, 7) is 1.77. The van der Waals surface area contributed by atoms with Crippen molar-refractivity contribution < 1.29 is 4.79 Å². The van der Waals surface area contributed by atoms with Gasteiger partial charge in [-0.2, -0.15) is 0 Å². The molecule has 3 rings (SSSR count). The molecule has 0 aliphatic rings. The molecule has 0 radical (unpaired) electrons. The Labute approximate surface area is 159 Å². The van der Waals surface area contributed by atoms with Gasteiger partial charge in [-0.15, -0.1) is 5.10 Å². The highest BCUT2D eigenvalue weighted by molar-refractivity contribution is 8.00. The molecule has 0 bridgehead atoms. The van der Waals surface area contributed by atoms with Crippen LogP contribution in [0.3, 0.4) is 0 Å². The van der Waals surface area contributed by atoms with Gasteiger partial charge in [0.25, 0.3) is 0 Å². The number of H-pyrrole nitrogens is 1. The summed E-state index contributed by atoms with van der Waals surface area (Å²) in [7, 11) is 0. The van der Waals surface area contributed by atoms with Gasteiger partial charge >= 0.3 is 0 Å². The van der Waals surface area contributed by atoms with Crippen LogP contribution >= 0.6 is 35.0 Å². The number of amides is 1. The minimum absolute atomic E-state index is 0.230. The Morgan fingerprint density at radius 3 is 2.48 bits per heavy atom. The molecule has 2 aromatic carbocycles. The number of benzene rings is 2. The van der Waals surface area contributed by atoms with Crippen LogP contribution in [0.1, 0.15) is 6.92 Å². The minimum atomic E-state index is -0.424. The number of hydrogen-bond acceptors (Lipinski definition) is 4. The summed E-state index contributed by atoms with van der Waals surface area (Å²) < 4.78 is 0. The first kappa shape index (κ1) is 17.8. The fourth-order valence-electron chi connectivity index (χ4n) is 2.08. The number of nitrogens with zero attached hydrogens (tertiary/aromatic N) is 2. The van der Waals surface area contributed by atoms with E-state index in [1.54, 1.807) is 25.1 Å². The summed E-state index contributed by atoms with van der Waals surface area (Å²) in [6, 6.07) is 14.7. The van der Waals surface area contributed by atoms with Gasteiger partial charge in [0.2, 0.25) is 11.1 Å². The van der Waals surface area contributed by atoms with Crippen LogP contribution in [0.15, 0.2) is 53.7 Å². The predicted octanol–water partition coefficient (Wildman–Crippen LogP) is 4.90. The summed E-state index contributed by atoms with van der Waals surface area (Å²) in [5.41, 5.74) is 1.34. The lowest BCUT2D eigenvalue weighted by Crippen LogP contribution is -2.22. The highest BCUT2D eigenvalue weighted by atomic mass is 35.5. The van der Waals surface area contributed by atoms with Gasteiger partial charge < -0.3 is 5.32 Å². The first-order valence-corrected chi connectivity index (χ1v) is 9.07. The molecule has 1 atom stereocenters. The molecule has 5 nitrogen and oxygen atoms in total. The largest absolute Gasteiger partial charge is 0.323 e. The lowest BCUT2D eigenvalue weighted by atomic mass is 10.2. The van der Waals surface area contributed by atoms with E-state index in [1.165, 1.54) is 11.8 Å². The van der Waals surface area contributed by atoms with Gasteiger partial charge in [0.15, 0.2) is 5.82 Å². The molecule has 2 N–H and O–H groups in total. The minimum Gasteiger partial charge on any atom is -0.323 e. The number of para-hydroxylation sites is 1. The monoisotopic (exact) mass is 392 g/mol. The number of nitrogens with one attached hydrogen (secondary N) is 2. The van der Waals surface area contributed by atoms with Gasteiger partial charge in [-0.3, -0.25) is 9.89 Å². The number of anilines is 1. The van der Waals surface area contributed by atoms with Crippen LogP contribution in [-0.4, -0.2) is 26.3 Å². The molecule has 0 spiro atoms. The molecule has 1 aromatic heterocycles. The standard InChI is InChI=1S/C17H14Cl2N4OS/c1-10(16(24)20-14-12(18)8-5-9-13(14)19)25-17-21-15(22-23-17)11-6-3-2-4-7-11/h2-10H,1H3,(H,20,24)(H,21,22,23)/t10-/m0/s1. The summed E-state index contributed by atoms with van der Waals surface area (Å²) in [4.78, 5) is 16.8. The van der Waals surface area contributed by atoms with Crippen LogP contribution < -0.4 is 5.32 Å². The van der Waals surface area contributed by atoms with Crippen LogP contribution in [0.4, 0.5) is 5.69 Å². The summed E-state index contributed by atoms with van der Waals surface area (Å²) in [5, 5.41) is 10.6. The van der Waals surface area contributed by atoms with Crippen molar-refractivity contribution in [1.82, 2.24) is 15.2 Å². The van der Waals surface area contributed by atoms with Crippen molar-refractivity contribution >= 4 is 46.6 Å². The SMILES string of the molecule is C[C@H](Sc1n[nH]c(-c2ccccc2)n1)C(=O)Nc1c(Cl)cccc1Cl. The van der Waals surface area contributed by atoms with Gasteiger partial charge in [-0.25, -0.2) is 4.98 Å².